The van der Waals surface area contributed by atoms with Gasteiger partial charge in [0.2, 0.25) is 11.7 Å². The maximum Gasteiger partial charge on any atom is 0.243 e. The lowest BCUT2D eigenvalue weighted by molar-refractivity contribution is -0.122. The van der Waals surface area contributed by atoms with Gasteiger partial charge in [-0.2, -0.15) is 4.80 Å². The molecule has 0 aliphatic carbocycles. The average molecular weight is 560 g/mol. The molecule has 190 valence electrons. The maximum absolute atomic E-state index is 13.7. The highest BCUT2D eigenvalue weighted by atomic mass is 35.5. The molecule has 0 aliphatic rings. The van der Waals surface area contributed by atoms with Crippen LogP contribution in [-0.2, 0) is 11.3 Å². The van der Waals surface area contributed by atoms with E-state index >= 15 is 0 Å². The van der Waals surface area contributed by atoms with Crippen molar-refractivity contribution in [2.45, 2.75) is 6.54 Å². The van der Waals surface area contributed by atoms with Gasteiger partial charge >= 0.3 is 0 Å². The van der Waals surface area contributed by atoms with Gasteiger partial charge in [0, 0.05) is 18.1 Å². The Hall–Kier alpha value is -3.80. The predicted molar refractivity (Wildman–Crippen MR) is 143 cm³/mol. The summed E-state index contributed by atoms with van der Waals surface area (Å²) in [5.74, 6) is 0.419. The lowest BCUT2D eigenvalue weighted by Crippen LogP contribution is -2.38. The number of hydrogen-bond donors (Lipinski definition) is 3. The highest BCUT2D eigenvalue weighted by Crippen LogP contribution is 2.35. The van der Waals surface area contributed by atoms with E-state index in [-0.39, 0.29) is 35.6 Å². The maximum atomic E-state index is 13.7. The van der Waals surface area contributed by atoms with Gasteiger partial charge in [0.05, 0.1) is 16.3 Å². The topological polar surface area (TPSA) is 106 Å². The SMILES string of the molecule is O=C(Cn1nnc(-c2ccccc2Oc2ccc(Cl)cc2Cl)n1)NCCNC(=S)Nc1ccccc1F. The zero-order chi connectivity index (χ0) is 26.2. The molecule has 0 radical (unpaired) electrons. The molecule has 37 heavy (non-hydrogen) atoms. The van der Waals surface area contributed by atoms with E-state index in [0.29, 0.717) is 33.7 Å². The Morgan fingerprint density at radius 2 is 1.76 bits per heavy atom. The first kappa shape index (κ1) is 26.3. The fraction of sp³-hybridized carbons (Fsp3) is 0.125. The number of benzene rings is 3. The van der Waals surface area contributed by atoms with Gasteiger partial charge in [-0.3, -0.25) is 4.79 Å². The molecule has 0 fully saturated rings. The smallest absolute Gasteiger partial charge is 0.243 e. The molecule has 1 aromatic heterocycles. The van der Waals surface area contributed by atoms with E-state index < -0.39 is 5.82 Å². The molecule has 0 unspecified atom stereocenters. The Bertz CT molecular complexity index is 1420. The number of aromatic nitrogens is 4. The quantitative estimate of drug-likeness (QED) is 0.200. The number of thiocarbonyl (C=S) groups is 1. The first-order valence-corrected chi connectivity index (χ1v) is 12.1. The molecule has 1 amide bonds. The number of amides is 1. The van der Waals surface area contributed by atoms with Crippen LogP contribution in [0.15, 0.2) is 66.7 Å². The van der Waals surface area contributed by atoms with Crippen LogP contribution in [0.1, 0.15) is 0 Å². The number of nitrogens with one attached hydrogen (secondary N) is 3. The number of para-hydroxylation sites is 2. The highest BCUT2D eigenvalue weighted by molar-refractivity contribution is 7.80. The Morgan fingerprint density at radius 1 is 1.00 bits per heavy atom. The molecule has 0 spiro atoms. The van der Waals surface area contributed by atoms with Gasteiger partial charge in [-0.15, -0.1) is 10.2 Å². The van der Waals surface area contributed by atoms with E-state index in [1.165, 1.54) is 10.9 Å². The van der Waals surface area contributed by atoms with Crippen LogP contribution >= 0.6 is 35.4 Å². The van der Waals surface area contributed by atoms with Gasteiger partial charge in [-0.1, -0.05) is 47.5 Å². The number of rotatable bonds is 9. The molecular formula is C24H20Cl2FN7O2S. The van der Waals surface area contributed by atoms with Crippen molar-refractivity contribution in [3.05, 3.63) is 82.6 Å². The van der Waals surface area contributed by atoms with Gasteiger partial charge in [-0.05, 0) is 59.9 Å². The summed E-state index contributed by atoms with van der Waals surface area (Å²) in [6.45, 7) is 0.467. The minimum Gasteiger partial charge on any atom is -0.455 e. The summed E-state index contributed by atoms with van der Waals surface area (Å²) >= 11 is 17.3. The van der Waals surface area contributed by atoms with Crippen molar-refractivity contribution in [3.8, 4) is 22.9 Å². The number of tetrazole rings is 1. The highest BCUT2D eigenvalue weighted by Gasteiger charge is 2.15. The minimum atomic E-state index is -0.414. The third kappa shape index (κ3) is 7.35. The Morgan fingerprint density at radius 3 is 2.57 bits per heavy atom. The second-order valence-electron chi connectivity index (χ2n) is 7.53. The van der Waals surface area contributed by atoms with Gasteiger partial charge in [0.15, 0.2) is 5.11 Å². The van der Waals surface area contributed by atoms with Crippen molar-refractivity contribution in [2.75, 3.05) is 18.4 Å². The average Bonchev–Trinajstić information content (AvgIpc) is 3.33. The normalized spacial score (nSPS) is 10.6. The summed E-state index contributed by atoms with van der Waals surface area (Å²) in [4.78, 5) is 13.5. The van der Waals surface area contributed by atoms with Gasteiger partial charge in [0.25, 0.3) is 0 Å². The van der Waals surface area contributed by atoms with Crippen LogP contribution < -0.4 is 20.7 Å². The number of carbonyl (C=O) groups is 1. The summed E-state index contributed by atoms with van der Waals surface area (Å²) in [5.41, 5.74) is 0.834. The van der Waals surface area contributed by atoms with Crippen LogP contribution in [0.5, 0.6) is 11.5 Å². The summed E-state index contributed by atoms with van der Waals surface area (Å²) in [7, 11) is 0. The van der Waals surface area contributed by atoms with Gasteiger partial charge in [0.1, 0.15) is 23.9 Å². The van der Waals surface area contributed by atoms with E-state index in [9.17, 15) is 9.18 Å². The van der Waals surface area contributed by atoms with E-state index in [1.54, 1.807) is 60.7 Å². The molecule has 9 nitrogen and oxygen atoms in total. The molecule has 1 heterocycles. The number of nitrogens with zero attached hydrogens (tertiary/aromatic N) is 4. The molecule has 13 heteroatoms. The van der Waals surface area contributed by atoms with Crippen LogP contribution in [-0.4, -0.2) is 44.3 Å². The van der Waals surface area contributed by atoms with Crippen molar-refractivity contribution >= 4 is 52.1 Å². The van der Waals surface area contributed by atoms with Crippen LogP contribution in [0.2, 0.25) is 10.0 Å². The van der Waals surface area contributed by atoms with E-state index in [0.717, 1.165) is 0 Å². The van der Waals surface area contributed by atoms with Gasteiger partial charge in [-0.25, -0.2) is 4.39 Å². The van der Waals surface area contributed by atoms with E-state index in [1.807, 2.05) is 0 Å². The van der Waals surface area contributed by atoms with Crippen molar-refractivity contribution in [1.82, 2.24) is 30.8 Å². The zero-order valence-electron chi connectivity index (χ0n) is 19.1. The van der Waals surface area contributed by atoms with Crippen molar-refractivity contribution in [1.29, 1.82) is 0 Å². The predicted octanol–water partition coefficient (Wildman–Crippen LogP) is 4.68. The molecule has 4 rings (SSSR count). The van der Waals surface area contributed by atoms with Crippen LogP contribution in [0, 0.1) is 5.82 Å². The number of carbonyl (C=O) groups excluding carboxylic acids is 1. The van der Waals surface area contributed by atoms with E-state index in [4.69, 9.17) is 40.2 Å². The van der Waals surface area contributed by atoms with Crippen LogP contribution in [0.3, 0.4) is 0 Å². The molecule has 3 aromatic carbocycles. The Kier molecular flexibility index (Phi) is 8.83. The van der Waals surface area contributed by atoms with Crippen molar-refractivity contribution < 1.29 is 13.9 Å². The number of halogens is 3. The summed E-state index contributed by atoms with van der Waals surface area (Å²) in [6, 6.07) is 18.2. The minimum absolute atomic E-state index is 0.142. The van der Waals surface area contributed by atoms with Crippen molar-refractivity contribution in [3.63, 3.8) is 0 Å². The first-order valence-electron chi connectivity index (χ1n) is 11.0. The number of anilines is 1. The molecule has 0 bridgehead atoms. The summed E-state index contributed by atoms with van der Waals surface area (Å²) < 4.78 is 19.6. The Labute approximate surface area is 226 Å². The lowest BCUT2D eigenvalue weighted by atomic mass is 10.2. The number of hydrogen-bond acceptors (Lipinski definition) is 6. The number of ether oxygens (including phenoxy) is 1. The fourth-order valence-corrected chi connectivity index (χ4v) is 3.79. The monoisotopic (exact) mass is 559 g/mol. The molecule has 0 saturated heterocycles. The molecule has 3 N–H and O–H groups in total. The first-order chi connectivity index (χ1) is 17.9. The molecule has 4 aromatic rings. The largest absolute Gasteiger partial charge is 0.455 e. The molecule has 0 aliphatic heterocycles. The standard InChI is InChI=1S/C24H20Cl2FN7O2S/c25-15-9-10-21(17(26)13-15)36-20-8-4-1-5-16(20)23-31-33-34(32-23)14-22(35)28-11-12-29-24(37)30-19-7-3-2-6-18(19)27/h1-10,13H,11-12,14H2,(H,28,35)(H2,29,30,37). The van der Waals surface area contributed by atoms with Crippen LogP contribution in [0.4, 0.5) is 10.1 Å². The Balaban J connectivity index is 1.28. The van der Waals surface area contributed by atoms with Gasteiger partial charge < -0.3 is 20.7 Å². The second-order valence-corrected chi connectivity index (χ2v) is 8.78. The molecular weight excluding hydrogens is 540 g/mol. The van der Waals surface area contributed by atoms with Crippen LogP contribution in [0.25, 0.3) is 11.4 Å². The van der Waals surface area contributed by atoms with E-state index in [2.05, 4.69) is 31.4 Å². The second kappa shape index (κ2) is 12.4. The third-order valence-corrected chi connectivity index (χ3v) is 5.61. The van der Waals surface area contributed by atoms with Crippen molar-refractivity contribution in [2.24, 2.45) is 0 Å². The summed E-state index contributed by atoms with van der Waals surface area (Å²) in [5, 5.41) is 21.8. The zero-order valence-corrected chi connectivity index (χ0v) is 21.4. The molecule has 0 atom stereocenters. The lowest BCUT2D eigenvalue weighted by Gasteiger charge is -2.11. The molecule has 0 saturated carbocycles. The summed E-state index contributed by atoms with van der Waals surface area (Å²) in [6.07, 6.45) is 0. The third-order valence-electron chi connectivity index (χ3n) is 4.83. The fourth-order valence-electron chi connectivity index (χ4n) is 3.13.